The molecule has 1 N–H and O–H groups in total. The fourth-order valence-corrected chi connectivity index (χ4v) is 4.30. The Kier molecular flexibility index (Phi) is 6.86. The average molecular weight is 497 g/mol. The van der Waals surface area contributed by atoms with E-state index in [1.165, 1.54) is 6.07 Å². The topological polar surface area (TPSA) is 67.2 Å². The van der Waals surface area contributed by atoms with E-state index >= 15 is 0 Å². The van der Waals surface area contributed by atoms with Crippen molar-refractivity contribution in [1.29, 1.82) is 0 Å². The van der Waals surface area contributed by atoms with Crippen molar-refractivity contribution in [2.24, 2.45) is 5.92 Å². The number of hydrogen-bond acceptors (Lipinski definition) is 3. The molecule has 1 aliphatic rings. The number of rotatable bonds is 8. The number of nitrogens with zero attached hydrogens (tertiary/aromatic N) is 3. The van der Waals surface area contributed by atoms with Gasteiger partial charge in [-0.2, -0.15) is 0 Å². The molecule has 1 fully saturated rings. The number of aryl methyl sites for hydroxylation is 2. The molecule has 0 saturated heterocycles. The van der Waals surface area contributed by atoms with Crippen LogP contribution >= 0.6 is 0 Å². The number of benzene rings is 3. The van der Waals surface area contributed by atoms with Crippen molar-refractivity contribution in [3.8, 4) is 16.9 Å². The quantitative estimate of drug-likeness (QED) is 0.336. The zero-order valence-corrected chi connectivity index (χ0v) is 20.9. The number of carbonyl (C=O) groups excluding carboxylic acids is 2. The smallest absolute Gasteiger partial charge is 0.254 e. The molecule has 188 valence electrons. The van der Waals surface area contributed by atoms with Gasteiger partial charge in [-0.1, -0.05) is 54.6 Å². The van der Waals surface area contributed by atoms with E-state index in [4.69, 9.17) is 0 Å². The Balaban J connectivity index is 1.43. The maximum atomic E-state index is 14.4. The van der Waals surface area contributed by atoms with Crippen molar-refractivity contribution < 1.29 is 14.0 Å². The number of nitrogens with one attached hydrogen (secondary N) is 1. The van der Waals surface area contributed by atoms with Gasteiger partial charge in [0.1, 0.15) is 12.4 Å². The number of halogens is 1. The molecule has 3 aromatic carbocycles. The molecule has 1 saturated carbocycles. The molecule has 0 aliphatic heterocycles. The van der Waals surface area contributed by atoms with E-state index in [1.807, 2.05) is 55.5 Å². The number of carbonyl (C=O) groups is 2. The molecule has 4 aromatic rings. The summed E-state index contributed by atoms with van der Waals surface area (Å²) < 4.78 is 16.1. The van der Waals surface area contributed by atoms with Crippen molar-refractivity contribution >= 4 is 17.8 Å². The number of aromatic nitrogens is 2. The van der Waals surface area contributed by atoms with E-state index < -0.39 is 0 Å². The number of hydrogen-bond donors (Lipinski definition) is 1. The Hall–Kier alpha value is -4.26. The van der Waals surface area contributed by atoms with Crippen LogP contribution in [0, 0.1) is 25.6 Å². The van der Waals surface area contributed by atoms with E-state index in [-0.39, 0.29) is 30.1 Å². The molecule has 1 aromatic heterocycles. The zero-order chi connectivity index (χ0) is 25.9. The van der Waals surface area contributed by atoms with Crippen LogP contribution in [-0.2, 0) is 4.79 Å². The minimum absolute atomic E-state index is 0.0978. The highest BCUT2D eigenvalue weighted by atomic mass is 19.1. The van der Waals surface area contributed by atoms with Crippen molar-refractivity contribution in [2.75, 3.05) is 18.4 Å². The van der Waals surface area contributed by atoms with Gasteiger partial charge in [0.2, 0.25) is 11.9 Å². The Bertz CT molecular complexity index is 1440. The summed E-state index contributed by atoms with van der Waals surface area (Å²) in [5.41, 5.74) is 4.05. The van der Waals surface area contributed by atoms with Crippen molar-refractivity contribution in [3.05, 3.63) is 102 Å². The van der Waals surface area contributed by atoms with Crippen LogP contribution in [0.2, 0.25) is 0 Å². The number of amides is 2. The molecule has 0 spiro atoms. The lowest BCUT2D eigenvalue weighted by Gasteiger charge is -2.23. The number of imidazole rings is 1. The Morgan fingerprint density at radius 1 is 1.00 bits per heavy atom. The van der Waals surface area contributed by atoms with Crippen LogP contribution in [0.15, 0.2) is 79.0 Å². The van der Waals surface area contributed by atoms with Crippen molar-refractivity contribution in [1.82, 2.24) is 14.5 Å². The van der Waals surface area contributed by atoms with Crippen LogP contribution < -0.4 is 5.32 Å². The second-order valence-corrected chi connectivity index (χ2v) is 9.61. The second-order valence-electron chi connectivity index (χ2n) is 9.61. The lowest BCUT2D eigenvalue weighted by atomic mass is 10.1. The fraction of sp³-hybridized carbons (Fsp3) is 0.233. The van der Waals surface area contributed by atoms with E-state index in [1.54, 1.807) is 40.8 Å². The third-order valence-electron chi connectivity index (χ3n) is 6.63. The lowest BCUT2D eigenvalue weighted by molar-refractivity contribution is -0.117. The third kappa shape index (κ3) is 5.61. The average Bonchev–Trinajstić information content (AvgIpc) is 3.62. The highest BCUT2D eigenvalue weighted by Gasteiger charge is 2.29. The maximum absolute atomic E-state index is 14.4. The third-order valence-corrected chi connectivity index (χ3v) is 6.63. The predicted molar refractivity (Wildman–Crippen MR) is 142 cm³/mol. The number of anilines is 1. The molecule has 0 atom stereocenters. The highest BCUT2D eigenvalue weighted by molar-refractivity contribution is 6.00. The minimum Gasteiger partial charge on any atom is -0.329 e. The van der Waals surface area contributed by atoms with Crippen LogP contribution in [0.1, 0.15) is 34.3 Å². The molecule has 0 radical (unpaired) electrons. The summed E-state index contributed by atoms with van der Waals surface area (Å²) in [5.74, 6) is -0.176. The first-order valence-electron chi connectivity index (χ1n) is 12.4. The maximum Gasteiger partial charge on any atom is 0.254 e. The summed E-state index contributed by atoms with van der Waals surface area (Å²) in [7, 11) is 0. The van der Waals surface area contributed by atoms with Crippen LogP contribution in [0.5, 0.6) is 0 Å². The summed E-state index contributed by atoms with van der Waals surface area (Å²) in [4.78, 5) is 32.9. The molecular formula is C30H29FN4O2. The summed E-state index contributed by atoms with van der Waals surface area (Å²) in [6.45, 7) is 4.03. The van der Waals surface area contributed by atoms with Gasteiger partial charge in [0, 0.05) is 23.9 Å². The molecule has 5 rings (SSSR count). The van der Waals surface area contributed by atoms with Gasteiger partial charge in [0.05, 0.1) is 11.4 Å². The summed E-state index contributed by atoms with van der Waals surface area (Å²) >= 11 is 0. The van der Waals surface area contributed by atoms with E-state index in [0.717, 1.165) is 24.0 Å². The predicted octanol–water partition coefficient (Wildman–Crippen LogP) is 5.79. The van der Waals surface area contributed by atoms with Gasteiger partial charge < -0.3 is 4.90 Å². The van der Waals surface area contributed by atoms with Crippen molar-refractivity contribution in [3.63, 3.8) is 0 Å². The van der Waals surface area contributed by atoms with Gasteiger partial charge >= 0.3 is 0 Å². The molecule has 1 aliphatic carbocycles. The SMILES string of the molecule is Cc1ccc(-n2cc(-c3ccccc3)nc2NC(=O)CN(CC2CC2)C(=O)c2ccccc2C)cc1F. The first-order chi connectivity index (χ1) is 17.9. The molecule has 1 heterocycles. The highest BCUT2D eigenvalue weighted by Crippen LogP contribution is 2.30. The monoisotopic (exact) mass is 496 g/mol. The molecule has 37 heavy (non-hydrogen) atoms. The van der Waals surface area contributed by atoms with Crippen molar-refractivity contribution in [2.45, 2.75) is 26.7 Å². The van der Waals surface area contributed by atoms with Gasteiger partial charge in [-0.3, -0.25) is 19.5 Å². The van der Waals surface area contributed by atoms with E-state index in [2.05, 4.69) is 10.3 Å². The lowest BCUT2D eigenvalue weighted by Crippen LogP contribution is -2.40. The first kappa shape index (κ1) is 24.4. The van der Waals surface area contributed by atoms with Crippen LogP contribution in [-0.4, -0.2) is 39.4 Å². The summed E-state index contributed by atoms with van der Waals surface area (Å²) in [6.07, 6.45) is 3.89. The second kappa shape index (κ2) is 10.4. The van der Waals surface area contributed by atoms with Gasteiger partial charge in [0.15, 0.2) is 0 Å². The van der Waals surface area contributed by atoms with Crippen LogP contribution in [0.4, 0.5) is 10.3 Å². The summed E-state index contributed by atoms with van der Waals surface area (Å²) in [6, 6.07) is 21.9. The normalized spacial score (nSPS) is 12.8. The first-order valence-corrected chi connectivity index (χ1v) is 12.4. The fourth-order valence-electron chi connectivity index (χ4n) is 4.30. The molecular weight excluding hydrogens is 467 g/mol. The minimum atomic E-state index is -0.360. The van der Waals surface area contributed by atoms with Gasteiger partial charge in [-0.05, 0) is 61.9 Å². The zero-order valence-electron chi connectivity index (χ0n) is 20.9. The molecule has 7 heteroatoms. The van der Waals surface area contributed by atoms with Crippen LogP contribution in [0.3, 0.4) is 0 Å². The van der Waals surface area contributed by atoms with Gasteiger partial charge in [-0.15, -0.1) is 0 Å². The van der Waals surface area contributed by atoms with Gasteiger partial charge in [0.25, 0.3) is 5.91 Å². The van der Waals surface area contributed by atoms with Crippen LogP contribution in [0.25, 0.3) is 16.9 Å². The summed E-state index contributed by atoms with van der Waals surface area (Å²) in [5, 5.41) is 2.87. The van der Waals surface area contributed by atoms with Gasteiger partial charge in [-0.25, -0.2) is 9.37 Å². The molecule has 0 bridgehead atoms. The Labute approximate surface area is 215 Å². The van der Waals surface area contributed by atoms with E-state index in [0.29, 0.717) is 35.0 Å². The molecule has 0 unspecified atom stereocenters. The van der Waals surface area contributed by atoms with E-state index in [9.17, 15) is 14.0 Å². The Morgan fingerprint density at radius 2 is 1.73 bits per heavy atom. The molecule has 6 nitrogen and oxygen atoms in total. The Morgan fingerprint density at radius 3 is 2.43 bits per heavy atom. The standard InChI is InChI=1S/C30H29FN4O2/c1-20-8-6-7-11-25(20)29(37)34(17-22-13-14-22)19-28(36)33-30-32-27(23-9-4-3-5-10-23)18-35(30)24-15-12-21(2)26(31)16-24/h3-12,15-16,18,22H,13-14,17,19H2,1-2H3,(H,32,33,36). The largest absolute Gasteiger partial charge is 0.329 e. The molecule has 2 amide bonds.